The maximum absolute atomic E-state index is 8.93. The third-order valence-electron chi connectivity index (χ3n) is 1.17. The predicted octanol–water partition coefficient (Wildman–Crippen LogP) is 2.43. The second-order valence-electron chi connectivity index (χ2n) is 2.29. The zero-order chi connectivity index (χ0) is 9.78. The number of hydrogen-bond acceptors (Lipinski definition) is 1. The van der Waals surface area contributed by atoms with Crippen molar-refractivity contribution in [2.24, 2.45) is 0 Å². The zero-order valence-corrected chi connectivity index (χ0v) is 12.0. The predicted molar refractivity (Wildman–Crippen MR) is 60.1 cm³/mol. The van der Waals surface area contributed by atoms with Crippen LogP contribution in [0.15, 0.2) is 36.5 Å². The summed E-state index contributed by atoms with van der Waals surface area (Å²) < 4.78 is 0. The van der Waals surface area contributed by atoms with Crippen molar-refractivity contribution in [3.63, 3.8) is 0 Å². The molecule has 0 aromatic heterocycles. The molecule has 0 atom stereocenters. The molecule has 0 radical (unpaired) electrons. The van der Waals surface area contributed by atoms with Crippen LogP contribution in [0.3, 0.4) is 0 Å². The maximum Gasteiger partial charge on any atom is 4.00 e. The molecule has 2 aliphatic carbocycles. The second kappa shape index (κ2) is 19.4. The first-order valence-electron chi connectivity index (χ1n) is 4.43. The van der Waals surface area contributed by atoms with Gasteiger partial charge in [-0.25, -0.2) is 24.3 Å². The standard InChI is InChI=1S/2C5H5.C2H5O.CH3.Zr/c2*1-2-4-5-3-1;1-2-3;;/h2*1-3H,4H2;2H2,1H3;1H3;/q4*-1;+4. The molecule has 0 amide bonds. The van der Waals surface area contributed by atoms with Gasteiger partial charge < -0.3 is 12.5 Å². The van der Waals surface area contributed by atoms with Crippen molar-refractivity contribution in [2.75, 3.05) is 6.61 Å². The molecule has 0 N–H and O–H groups in total. The van der Waals surface area contributed by atoms with Crippen molar-refractivity contribution in [2.45, 2.75) is 19.8 Å². The van der Waals surface area contributed by atoms with Crippen LogP contribution in [0.2, 0.25) is 0 Å². The van der Waals surface area contributed by atoms with Crippen molar-refractivity contribution < 1.29 is 31.3 Å². The van der Waals surface area contributed by atoms with E-state index in [0.717, 1.165) is 12.8 Å². The summed E-state index contributed by atoms with van der Waals surface area (Å²) in [5.74, 6) is 0. The molecule has 80 valence electrons. The maximum atomic E-state index is 8.93. The van der Waals surface area contributed by atoms with Gasteiger partial charge in [0.1, 0.15) is 0 Å². The minimum atomic E-state index is 0. The Morgan fingerprint density at radius 1 is 1.07 bits per heavy atom. The minimum absolute atomic E-state index is 0. The van der Waals surface area contributed by atoms with Gasteiger partial charge in [-0.1, -0.05) is 6.92 Å². The molecule has 2 rings (SSSR count). The topological polar surface area (TPSA) is 23.1 Å². The summed E-state index contributed by atoms with van der Waals surface area (Å²) in [6.45, 7) is 1.57. The molecule has 15 heavy (non-hydrogen) atoms. The van der Waals surface area contributed by atoms with Crippen molar-refractivity contribution in [3.05, 3.63) is 56.0 Å². The summed E-state index contributed by atoms with van der Waals surface area (Å²) in [5, 5.41) is 8.93. The van der Waals surface area contributed by atoms with E-state index in [-0.39, 0.29) is 40.2 Å². The quantitative estimate of drug-likeness (QED) is 0.625. The third kappa shape index (κ3) is 20.0. The fourth-order valence-electron chi connectivity index (χ4n) is 0.680. The van der Waals surface area contributed by atoms with Gasteiger partial charge in [0.05, 0.1) is 0 Å². The Balaban J connectivity index is -0.000000140. The molecule has 0 saturated carbocycles. The molecule has 2 heteroatoms. The third-order valence-corrected chi connectivity index (χ3v) is 1.17. The zero-order valence-electron chi connectivity index (χ0n) is 9.49. The summed E-state index contributed by atoms with van der Waals surface area (Å²) in [7, 11) is 0. The second-order valence-corrected chi connectivity index (χ2v) is 2.29. The van der Waals surface area contributed by atoms with Crippen LogP contribution in [-0.2, 0) is 26.2 Å². The van der Waals surface area contributed by atoms with Crippen LogP contribution in [0.4, 0.5) is 0 Å². The van der Waals surface area contributed by atoms with Crippen molar-refractivity contribution in [1.29, 1.82) is 0 Å². The average molecular weight is 282 g/mol. The minimum Gasteiger partial charge on any atom is -0.855 e. The fourth-order valence-corrected chi connectivity index (χ4v) is 0.680. The van der Waals surface area contributed by atoms with Gasteiger partial charge >= 0.3 is 26.2 Å². The van der Waals surface area contributed by atoms with Gasteiger partial charge in [-0.3, -0.25) is 12.2 Å². The largest absolute Gasteiger partial charge is 4.00 e. The van der Waals surface area contributed by atoms with E-state index in [0.29, 0.717) is 0 Å². The van der Waals surface area contributed by atoms with Gasteiger partial charge in [-0.2, -0.15) is 12.2 Å². The number of allylic oxidation sites excluding steroid dienone is 8. The fraction of sp³-hybridized carbons (Fsp3) is 0.308. The summed E-state index contributed by atoms with van der Waals surface area (Å²) in [4.78, 5) is 0. The van der Waals surface area contributed by atoms with Gasteiger partial charge in [0.15, 0.2) is 0 Å². The van der Waals surface area contributed by atoms with Crippen LogP contribution in [0.1, 0.15) is 19.8 Å². The van der Waals surface area contributed by atoms with E-state index in [1.54, 1.807) is 6.92 Å². The van der Waals surface area contributed by atoms with Crippen LogP contribution in [-0.4, -0.2) is 6.61 Å². The van der Waals surface area contributed by atoms with E-state index in [4.69, 9.17) is 5.11 Å². The molecule has 0 fully saturated rings. The SMILES string of the molecule is CC[O-].[C-]1=CC=CC1.[C-]1=CC=CC1.[CH3-].[Zr+4]. The molecule has 0 aromatic carbocycles. The van der Waals surface area contributed by atoms with Gasteiger partial charge in [0.25, 0.3) is 0 Å². The average Bonchev–Trinajstić information content (AvgIpc) is 2.85. The Labute approximate surface area is 113 Å². The first-order chi connectivity index (χ1) is 6.41. The van der Waals surface area contributed by atoms with Crippen molar-refractivity contribution >= 4 is 0 Å². The summed E-state index contributed by atoms with van der Waals surface area (Å²) in [6, 6.07) is 0. The molecule has 0 unspecified atom stereocenters. The summed E-state index contributed by atoms with van der Waals surface area (Å²) >= 11 is 0. The molecule has 0 saturated heterocycles. The van der Waals surface area contributed by atoms with Crippen LogP contribution < -0.4 is 5.11 Å². The van der Waals surface area contributed by atoms with E-state index in [1.165, 1.54) is 0 Å². The molecule has 0 bridgehead atoms. The number of hydrogen-bond donors (Lipinski definition) is 0. The molecular formula is C13H18OZr. The monoisotopic (exact) mass is 280 g/mol. The van der Waals surface area contributed by atoms with E-state index in [1.807, 2.05) is 24.3 Å². The van der Waals surface area contributed by atoms with Crippen molar-refractivity contribution in [1.82, 2.24) is 0 Å². The van der Waals surface area contributed by atoms with Crippen LogP contribution in [0, 0.1) is 19.6 Å². The smallest absolute Gasteiger partial charge is 0.855 e. The Bertz CT molecular complexity index is 161. The Hall–Kier alpha value is -0.197. The number of rotatable bonds is 0. The Kier molecular flexibility index (Phi) is 26.2. The van der Waals surface area contributed by atoms with Crippen LogP contribution >= 0.6 is 0 Å². The van der Waals surface area contributed by atoms with Crippen molar-refractivity contribution in [3.8, 4) is 0 Å². The molecular weight excluding hydrogens is 263 g/mol. The molecule has 0 spiro atoms. The molecule has 0 heterocycles. The van der Waals surface area contributed by atoms with E-state index in [2.05, 4.69) is 24.3 Å². The van der Waals surface area contributed by atoms with E-state index < -0.39 is 0 Å². The summed E-state index contributed by atoms with van der Waals surface area (Å²) in [5.41, 5.74) is 0. The molecule has 0 aromatic rings. The van der Waals surface area contributed by atoms with Gasteiger partial charge in [0.2, 0.25) is 0 Å². The normalized spacial score (nSPS) is 12.9. The molecule has 0 aliphatic heterocycles. The van der Waals surface area contributed by atoms with Gasteiger partial charge in [0, 0.05) is 0 Å². The summed E-state index contributed by atoms with van der Waals surface area (Å²) in [6.07, 6.45) is 20.0. The van der Waals surface area contributed by atoms with Crippen LogP contribution in [0.5, 0.6) is 0 Å². The van der Waals surface area contributed by atoms with E-state index >= 15 is 0 Å². The Morgan fingerprint density at radius 2 is 1.40 bits per heavy atom. The molecule has 2 aliphatic rings. The van der Waals surface area contributed by atoms with Gasteiger partial charge in [-0.05, 0) is 0 Å². The first-order valence-corrected chi connectivity index (χ1v) is 4.43. The molecule has 1 nitrogen and oxygen atoms in total. The van der Waals surface area contributed by atoms with Crippen LogP contribution in [0.25, 0.3) is 0 Å². The first kappa shape index (κ1) is 20.2. The Morgan fingerprint density at radius 3 is 1.47 bits per heavy atom. The van der Waals surface area contributed by atoms with E-state index in [9.17, 15) is 0 Å². The van der Waals surface area contributed by atoms with Gasteiger partial charge in [-0.15, -0.1) is 19.4 Å².